The molecule has 0 bridgehead atoms. The first-order valence-electron chi connectivity index (χ1n) is 8.47. The standard InChI is InChI=1S/C20H24N4O/c1-23(16-17-8-4-3-5-9-17)14-15-25-20(18-10-6-7-12-21-18)19-11-13-22-24(19)2/h3-13,20H,14-16H2,1-2H3. The summed E-state index contributed by atoms with van der Waals surface area (Å²) in [6.45, 7) is 2.37. The fraction of sp³-hybridized carbons (Fsp3) is 0.300. The van der Waals surface area contributed by atoms with Gasteiger partial charge in [0, 0.05) is 32.5 Å². The molecule has 0 radical (unpaired) electrons. The van der Waals surface area contributed by atoms with E-state index in [4.69, 9.17) is 4.74 Å². The Morgan fingerprint density at radius 1 is 1.04 bits per heavy atom. The van der Waals surface area contributed by atoms with Crippen molar-refractivity contribution in [3.63, 3.8) is 0 Å². The Kier molecular flexibility index (Phi) is 5.93. The number of pyridine rings is 1. The zero-order chi connectivity index (χ0) is 17.5. The van der Waals surface area contributed by atoms with Gasteiger partial charge in [-0.3, -0.25) is 14.6 Å². The first kappa shape index (κ1) is 17.3. The van der Waals surface area contributed by atoms with Crippen molar-refractivity contribution in [2.24, 2.45) is 7.05 Å². The maximum atomic E-state index is 6.20. The molecule has 0 fully saturated rings. The van der Waals surface area contributed by atoms with Gasteiger partial charge in [0.1, 0.15) is 6.10 Å². The number of hydrogen-bond acceptors (Lipinski definition) is 4. The van der Waals surface area contributed by atoms with Crippen LogP contribution in [0.4, 0.5) is 0 Å². The number of hydrogen-bond donors (Lipinski definition) is 0. The number of ether oxygens (including phenoxy) is 1. The smallest absolute Gasteiger partial charge is 0.141 e. The highest BCUT2D eigenvalue weighted by Crippen LogP contribution is 2.23. The van der Waals surface area contributed by atoms with E-state index in [1.165, 1.54) is 5.56 Å². The Labute approximate surface area is 148 Å². The summed E-state index contributed by atoms with van der Waals surface area (Å²) in [7, 11) is 4.03. The van der Waals surface area contributed by atoms with Crippen LogP contribution in [0.25, 0.3) is 0 Å². The van der Waals surface area contributed by atoms with Crippen LogP contribution in [0.1, 0.15) is 23.1 Å². The summed E-state index contributed by atoms with van der Waals surface area (Å²) in [4.78, 5) is 6.72. The highest BCUT2D eigenvalue weighted by Gasteiger charge is 2.19. The first-order valence-corrected chi connectivity index (χ1v) is 8.47. The Hall–Kier alpha value is -2.50. The lowest BCUT2D eigenvalue weighted by Gasteiger charge is -2.21. The van der Waals surface area contributed by atoms with Gasteiger partial charge in [-0.1, -0.05) is 36.4 Å². The molecule has 130 valence electrons. The minimum atomic E-state index is -0.209. The molecule has 5 nitrogen and oxygen atoms in total. The van der Waals surface area contributed by atoms with Crippen LogP contribution < -0.4 is 0 Å². The largest absolute Gasteiger partial charge is 0.364 e. The van der Waals surface area contributed by atoms with Crippen molar-refractivity contribution in [2.75, 3.05) is 20.2 Å². The molecule has 0 aliphatic carbocycles. The summed E-state index contributed by atoms with van der Waals surface area (Å²) in [6.07, 6.45) is 3.37. The number of aryl methyl sites for hydroxylation is 1. The predicted octanol–water partition coefficient (Wildman–Crippen LogP) is 3.05. The van der Waals surface area contributed by atoms with Gasteiger partial charge in [0.15, 0.2) is 0 Å². The number of likely N-dealkylation sites (N-methyl/N-ethyl adjacent to an activating group) is 1. The molecule has 0 amide bonds. The van der Waals surface area contributed by atoms with Crippen LogP contribution in [0, 0.1) is 0 Å². The average molecular weight is 336 g/mol. The molecule has 2 heterocycles. The molecule has 3 rings (SSSR count). The Bertz CT molecular complexity index is 758. The van der Waals surface area contributed by atoms with Crippen LogP contribution in [0.15, 0.2) is 67.0 Å². The average Bonchev–Trinajstić information content (AvgIpc) is 3.06. The molecule has 3 aromatic rings. The Balaban J connectivity index is 1.61. The SMILES string of the molecule is CN(CCOC(c1ccccn1)c1ccnn1C)Cc1ccccc1. The van der Waals surface area contributed by atoms with E-state index in [0.717, 1.165) is 24.5 Å². The van der Waals surface area contributed by atoms with Crippen molar-refractivity contribution >= 4 is 0 Å². The van der Waals surface area contributed by atoms with Gasteiger partial charge in [0.05, 0.1) is 18.0 Å². The van der Waals surface area contributed by atoms with E-state index in [9.17, 15) is 0 Å². The zero-order valence-electron chi connectivity index (χ0n) is 14.7. The summed E-state index contributed by atoms with van der Waals surface area (Å²) < 4.78 is 8.04. The molecule has 25 heavy (non-hydrogen) atoms. The maximum absolute atomic E-state index is 6.20. The monoisotopic (exact) mass is 336 g/mol. The fourth-order valence-electron chi connectivity index (χ4n) is 2.80. The number of nitrogens with zero attached hydrogens (tertiary/aromatic N) is 4. The molecular formula is C20H24N4O. The molecule has 0 spiro atoms. The van der Waals surface area contributed by atoms with Gasteiger partial charge in [0.2, 0.25) is 0 Å². The van der Waals surface area contributed by atoms with Crippen molar-refractivity contribution in [1.82, 2.24) is 19.7 Å². The number of benzene rings is 1. The van der Waals surface area contributed by atoms with Crippen LogP contribution >= 0.6 is 0 Å². The van der Waals surface area contributed by atoms with Crippen LogP contribution in [-0.2, 0) is 18.3 Å². The van der Waals surface area contributed by atoms with Gasteiger partial charge in [-0.15, -0.1) is 0 Å². The van der Waals surface area contributed by atoms with Crippen molar-refractivity contribution in [1.29, 1.82) is 0 Å². The van der Waals surface area contributed by atoms with E-state index in [2.05, 4.69) is 46.3 Å². The van der Waals surface area contributed by atoms with E-state index < -0.39 is 0 Å². The van der Waals surface area contributed by atoms with Crippen molar-refractivity contribution in [3.8, 4) is 0 Å². The minimum Gasteiger partial charge on any atom is -0.364 e. The normalized spacial score (nSPS) is 12.4. The Morgan fingerprint density at radius 3 is 2.52 bits per heavy atom. The highest BCUT2D eigenvalue weighted by molar-refractivity contribution is 5.19. The summed E-state index contributed by atoms with van der Waals surface area (Å²) in [6, 6.07) is 18.3. The molecule has 5 heteroatoms. The lowest BCUT2D eigenvalue weighted by atomic mass is 10.1. The van der Waals surface area contributed by atoms with E-state index in [1.807, 2.05) is 42.1 Å². The van der Waals surface area contributed by atoms with E-state index in [1.54, 1.807) is 12.4 Å². The maximum Gasteiger partial charge on any atom is 0.141 e. The number of aromatic nitrogens is 3. The molecule has 0 aliphatic rings. The summed E-state index contributed by atoms with van der Waals surface area (Å²) in [5, 5.41) is 4.26. The second-order valence-electron chi connectivity index (χ2n) is 6.11. The Morgan fingerprint density at radius 2 is 1.84 bits per heavy atom. The van der Waals surface area contributed by atoms with Crippen LogP contribution in [0.5, 0.6) is 0 Å². The van der Waals surface area contributed by atoms with Gasteiger partial charge in [-0.05, 0) is 30.8 Å². The van der Waals surface area contributed by atoms with Gasteiger partial charge < -0.3 is 4.74 Å². The van der Waals surface area contributed by atoms with Crippen LogP contribution in [-0.4, -0.2) is 39.9 Å². The highest BCUT2D eigenvalue weighted by atomic mass is 16.5. The van der Waals surface area contributed by atoms with E-state index >= 15 is 0 Å². The molecule has 1 aromatic carbocycles. The fourth-order valence-corrected chi connectivity index (χ4v) is 2.80. The lowest BCUT2D eigenvalue weighted by Crippen LogP contribution is -2.24. The topological polar surface area (TPSA) is 43.2 Å². The summed E-state index contributed by atoms with van der Waals surface area (Å²) >= 11 is 0. The molecule has 0 aliphatic heterocycles. The molecular weight excluding hydrogens is 312 g/mol. The molecule has 1 unspecified atom stereocenters. The third-order valence-electron chi connectivity index (χ3n) is 4.14. The third kappa shape index (κ3) is 4.75. The zero-order valence-corrected chi connectivity index (χ0v) is 14.7. The molecule has 2 aromatic heterocycles. The van der Waals surface area contributed by atoms with Gasteiger partial charge >= 0.3 is 0 Å². The quantitative estimate of drug-likeness (QED) is 0.634. The molecule has 0 N–H and O–H groups in total. The predicted molar refractivity (Wildman–Crippen MR) is 98.0 cm³/mol. The summed E-state index contributed by atoms with van der Waals surface area (Å²) in [5.41, 5.74) is 3.21. The molecule has 0 saturated carbocycles. The van der Waals surface area contributed by atoms with Crippen molar-refractivity contribution < 1.29 is 4.74 Å². The van der Waals surface area contributed by atoms with Gasteiger partial charge in [0.25, 0.3) is 0 Å². The first-order chi connectivity index (χ1) is 12.2. The van der Waals surface area contributed by atoms with Crippen LogP contribution in [0.3, 0.4) is 0 Å². The van der Waals surface area contributed by atoms with Crippen molar-refractivity contribution in [3.05, 3.63) is 83.9 Å². The van der Waals surface area contributed by atoms with Gasteiger partial charge in [-0.2, -0.15) is 5.10 Å². The minimum absolute atomic E-state index is 0.209. The van der Waals surface area contributed by atoms with Crippen LogP contribution in [0.2, 0.25) is 0 Å². The summed E-state index contributed by atoms with van der Waals surface area (Å²) in [5.74, 6) is 0. The lowest BCUT2D eigenvalue weighted by molar-refractivity contribution is 0.0565. The third-order valence-corrected chi connectivity index (χ3v) is 4.14. The molecule has 1 atom stereocenters. The van der Waals surface area contributed by atoms with E-state index in [0.29, 0.717) is 6.61 Å². The molecule has 0 saturated heterocycles. The van der Waals surface area contributed by atoms with Crippen molar-refractivity contribution in [2.45, 2.75) is 12.6 Å². The van der Waals surface area contributed by atoms with E-state index in [-0.39, 0.29) is 6.10 Å². The number of rotatable bonds is 8. The second-order valence-corrected chi connectivity index (χ2v) is 6.11. The van der Waals surface area contributed by atoms with Gasteiger partial charge in [-0.25, -0.2) is 0 Å². The second kappa shape index (κ2) is 8.55.